The van der Waals surface area contributed by atoms with Crippen LogP contribution in [0.5, 0.6) is 0 Å². The van der Waals surface area contributed by atoms with Gasteiger partial charge in [-0.3, -0.25) is 14.4 Å². The van der Waals surface area contributed by atoms with Crippen LogP contribution in [0.15, 0.2) is 54.6 Å². The fraction of sp³-hybridized carbons (Fsp3) is 0.200. The Balaban J connectivity index is 0.000000340. The molecule has 0 saturated heterocycles. The summed E-state index contributed by atoms with van der Waals surface area (Å²) in [5, 5.41) is 32.9. The van der Waals surface area contributed by atoms with Gasteiger partial charge in [0.2, 0.25) is 17.7 Å². The number of carbonyl (C=O) groups is 3. The molecule has 0 aliphatic rings. The Labute approximate surface area is 272 Å². The lowest BCUT2D eigenvalue weighted by molar-refractivity contribution is -0.137. The topological polar surface area (TPSA) is 159 Å². The van der Waals surface area contributed by atoms with Gasteiger partial charge in [0.1, 0.15) is 19.3 Å². The van der Waals surface area contributed by atoms with Gasteiger partial charge in [-0.15, -0.1) is 0 Å². The van der Waals surface area contributed by atoms with Crippen molar-refractivity contribution in [1.82, 2.24) is 0 Å². The van der Waals surface area contributed by atoms with Gasteiger partial charge in [-0.1, -0.05) is 40.9 Å². The quantitative estimate of drug-likeness (QED) is 0.238. The zero-order valence-corrected chi connectivity index (χ0v) is 25.9. The van der Waals surface area contributed by atoms with E-state index in [-0.39, 0.29) is 30.3 Å². The molecule has 0 unspecified atom stereocenters. The fourth-order valence-corrected chi connectivity index (χ4v) is 3.57. The first-order chi connectivity index (χ1) is 21.1. The van der Waals surface area contributed by atoms with Gasteiger partial charge in [-0.05, 0) is 73.5 Å². The Hall–Kier alpha value is -4.80. The second-order valence-corrected chi connectivity index (χ2v) is 9.99. The van der Waals surface area contributed by atoms with Gasteiger partial charge in [-0.2, -0.15) is 29.0 Å². The average molecular weight is 680 g/mol. The second-order valence-electron chi connectivity index (χ2n) is 8.77. The summed E-state index contributed by atoms with van der Waals surface area (Å²) < 4.78 is 37.4. The number of carbonyl (C=O) groups excluding carboxylic acids is 3. The van der Waals surface area contributed by atoms with Crippen molar-refractivity contribution >= 4 is 69.6 Å². The molecule has 3 aromatic carbocycles. The van der Waals surface area contributed by atoms with Gasteiger partial charge in [-0.25, -0.2) is 0 Å². The third-order valence-corrected chi connectivity index (χ3v) is 6.33. The van der Waals surface area contributed by atoms with E-state index in [4.69, 9.17) is 50.6 Å². The molecule has 3 aromatic rings. The predicted molar refractivity (Wildman–Crippen MR) is 165 cm³/mol. The largest absolute Gasteiger partial charge is 0.417 e. The van der Waals surface area contributed by atoms with Crippen molar-refractivity contribution < 1.29 is 27.6 Å². The van der Waals surface area contributed by atoms with Gasteiger partial charge in [0.05, 0.1) is 28.8 Å². The van der Waals surface area contributed by atoms with Crippen LogP contribution in [-0.2, 0) is 20.6 Å². The van der Waals surface area contributed by atoms with Crippen LogP contribution in [0.3, 0.4) is 0 Å². The molecule has 0 aromatic heterocycles. The van der Waals surface area contributed by atoms with Gasteiger partial charge in [0.25, 0.3) is 0 Å². The molecule has 3 amide bonds. The van der Waals surface area contributed by atoms with E-state index in [0.717, 1.165) is 23.3 Å². The number of nitriles is 3. The summed E-state index contributed by atoms with van der Waals surface area (Å²) in [7, 11) is 0. The smallest absolute Gasteiger partial charge is 0.325 e. The highest BCUT2D eigenvalue weighted by molar-refractivity contribution is 6.32. The summed E-state index contributed by atoms with van der Waals surface area (Å²) in [6.07, 6.45) is -5.30. The van der Waals surface area contributed by atoms with Crippen molar-refractivity contribution in [3.8, 4) is 18.2 Å². The molecule has 0 heterocycles. The zero-order valence-electron chi connectivity index (χ0n) is 23.7. The minimum atomic E-state index is -4.59. The summed E-state index contributed by atoms with van der Waals surface area (Å²) in [6, 6.07) is 18.5. The lowest BCUT2D eigenvalue weighted by Crippen LogP contribution is -2.12. The van der Waals surface area contributed by atoms with Crippen molar-refractivity contribution in [2.45, 2.75) is 39.3 Å². The monoisotopic (exact) mass is 678 g/mol. The van der Waals surface area contributed by atoms with Gasteiger partial charge in [0, 0.05) is 27.1 Å². The van der Waals surface area contributed by atoms with Gasteiger partial charge >= 0.3 is 6.18 Å². The molecule has 0 bridgehead atoms. The molecule has 0 aliphatic heterocycles. The van der Waals surface area contributed by atoms with Crippen LogP contribution in [0, 0.1) is 47.8 Å². The van der Waals surface area contributed by atoms with Gasteiger partial charge in [0.15, 0.2) is 0 Å². The maximum absolute atomic E-state index is 12.5. The van der Waals surface area contributed by atoms with E-state index in [1.807, 2.05) is 19.9 Å². The molecule has 0 radical (unpaired) electrons. The molecule has 0 atom stereocenters. The molecular formula is C30H24Cl3F3N6O3. The third kappa shape index (κ3) is 14.5. The molecular weight excluding hydrogens is 656 g/mol. The first kappa shape index (κ1) is 38.2. The normalized spacial score (nSPS) is 9.80. The zero-order chi connectivity index (χ0) is 34.2. The van der Waals surface area contributed by atoms with Crippen molar-refractivity contribution in [3.05, 3.63) is 86.4 Å². The van der Waals surface area contributed by atoms with Crippen LogP contribution in [-0.4, -0.2) is 17.7 Å². The lowest BCUT2D eigenvalue weighted by Gasteiger charge is -2.11. The summed E-state index contributed by atoms with van der Waals surface area (Å²) >= 11 is 17.1. The molecule has 15 heteroatoms. The number of hydrogen-bond donors (Lipinski definition) is 3. The van der Waals surface area contributed by atoms with Crippen molar-refractivity contribution in [2.75, 3.05) is 16.0 Å². The van der Waals surface area contributed by atoms with E-state index in [1.165, 1.54) is 6.07 Å². The van der Waals surface area contributed by atoms with Crippen LogP contribution in [0.1, 0.15) is 36.0 Å². The first-order valence-electron chi connectivity index (χ1n) is 12.5. The molecule has 0 aliphatic carbocycles. The van der Waals surface area contributed by atoms with Crippen molar-refractivity contribution in [1.29, 1.82) is 15.8 Å². The van der Waals surface area contributed by atoms with Crippen molar-refractivity contribution in [2.24, 2.45) is 0 Å². The molecule has 3 N–H and O–H groups in total. The number of halogens is 6. The number of nitrogens with one attached hydrogen (secondary N) is 3. The number of alkyl halides is 3. The fourth-order valence-electron chi connectivity index (χ4n) is 3.04. The molecule has 0 fully saturated rings. The lowest BCUT2D eigenvalue weighted by atomic mass is 10.2. The van der Waals surface area contributed by atoms with Crippen LogP contribution in [0.2, 0.25) is 15.1 Å². The number of rotatable bonds is 6. The van der Waals surface area contributed by atoms with E-state index in [0.29, 0.717) is 21.4 Å². The first-order valence-corrected chi connectivity index (χ1v) is 13.6. The molecule has 0 spiro atoms. The Morgan fingerprint density at radius 1 is 0.622 bits per heavy atom. The highest BCUT2D eigenvalue weighted by Crippen LogP contribution is 2.36. The van der Waals surface area contributed by atoms with E-state index in [2.05, 4.69) is 16.0 Å². The SMILES string of the molecule is Cc1cc(NC(=O)CC#N)ccc1Cl.Cc1ccc(NC(=O)CC#N)cc1Cl.N#CCC(=O)Nc1ccc(Cl)c(C(F)(F)F)c1. The molecule has 0 saturated carbocycles. The summed E-state index contributed by atoms with van der Waals surface area (Å²) in [4.78, 5) is 33.1. The van der Waals surface area contributed by atoms with E-state index >= 15 is 0 Å². The second kappa shape index (κ2) is 18.8. The third-order valence-electron chi connectivity index (χ3n) is 5.17. The van der Waals surface area contributed by atoms with E-state index in [9.17, 15) is 27.6 Å². The Morgan fingerprint density at radius 3 is 1.42 bits per heavy atom. The molecule has 45 heavy (non-hydrogen) atoms. The maximum Gasteiger partial charge on any atom is 0.417 e. The standard InChI is InChI=1S/C10H6ClF3N2O.2C10H9ClN2O/c11-8-2-1-6(16-9(17)3-4-15)5-7(8)10(12,13)14;1-7-6-8(2-3-9(7)11)13-10(14)4-5-12;1-7-2-3-8(6-9(7)11)13-10(14)4-5-12/h1-2,5H,3H2,(H,16,17);2*2-3,6H,4H2,1H3,(H,13,14). The van der Waals surface area contributed by atoms with Crippen LogP contribution in [0.25, 0.3) is 0 Å². The summed E-state index contributed by atoms with van der Waals surface area (Å²) in [6.45, 7) is 3.73. The highest BCUT2D eigenvalue weighted by Gasteiger charge is 2.33. The number of anilines is 3. The molecule has 3 rings (SSSR count). The number of hydrogen-bond acceptors (Lipinski definition) is 6. The number of nitrogens with zero attached hydrogens (tertiary/aromatic N) is 3. The molecule has 9 nitrogen and oxygen atoms in total. The van der Waals surface area contributed by atoms with Crippen LogP contribution >= 0.6 is 34.8 Å². The number of benzene rings is 3. The minimum absolute atomic E-state index is 0.0537. The van der Waals surface area contributed by atoms with E-state index in [1.54, 1.807) is 48.5 Å². The maximum atomic E-state index is 12.5. The average Bonchev–Trinajstić information content (AvgIpc) is 2.94. The van der Waals surface area contributed by atoms with Crippen molar-refractivity contribution in [3.63, 3.8) is 0 Å². The molecule has 234 valence electrons. The summed E-state index contributed by atoms with van der Waals surface area (Å²) in [5.41, 5.74) is 2.02. The number of amides is 3. The highest BCUT2D eigenvalue weighted by atomic mass is 35.5. The summed E-state index contributed by atoms with van der Waals surface area (Å²) in [5.74, 6) is -1.32. The minimum Gasteiger partial charge on any atom is -0.325 e. The van der Waals surface area contributed by atoms with Gasteiger partial charge < -0.3 is 16.0 Å². The Morgan fingerprint density at radius 2 is 1.02 bits per heavy atom. The Kier molecular flexibility index (Phi) is 15.9. The predicted octanol–water partition coefficient (Wildman–Crippen LogP) is 8.21. The van der Waals surface area contributed by atoms with Crippen LogP contribution < -0.4 is 16.0 Å². The van der Waals surface area contributed by atoms with E-state index < -0.39 is 29.1 Å². The number of aryl methyl sites for hydroxylation is 2. The van der Waals surface area contributed by atoms with Crippen LogP contribution in [0.4, 0.5) is 30.2 Å². The Bertz CT molecular complexity index is 1580.